The van der Waals surface area contributed by atoms with Gasteiger partial charge in [0.25, 0.3) is 0 Å². The molecule has 0 bridgehead atoms. The van der Waals surface area contributed by atoms with E-state index in [0.717, 1.165) is 24.5 Å². The summed E-state index contributed by atoms with van der Waals surface area (Å²) in [6.45, 7) is 7.44. The predicted molar refractivity (Wildman–Crippen MR) is 84.7 cm³/mol. The predicted octanol–water partition coefficient (Wildman–Crippen LogP) is 3.64. The Labute approximate surface area is 126 Å². The van der Waals surface area contributed by atoms with Crippen molar-refractivity contribution in [3.8, 4) is 0 Å². The fourth-order valence-electron chi connectivity index (χ4n) is 2.88. The number of anilines is 1. The van der Waals surface area contributed by atoms with Crippen LogP contribution in [-0.4, -0.2) is 16.5 Å². The minimum Gasteiger partial charge on any atom is -0.349 e. The molecule has 20 heavy (non-hydrogen) atoms. The molecule has 3 nitrogen and oxygen atoms in total. The number of hydrogen-bond acceptors (Lipinski definition) is 3. The summed E-state index contributed by atoms with van der Waals surface area (Å²) in [4.78, 5) is 11.2. The molecule has 0 amide bonds. The molecular weight excluding hydrogens is 270 g/mol. The summed E-state index contributed by atoms with van der Waals surface area (Å²) in [5, 5.41) is 0. The first-order valence-electron chi connectivity index (χ1n) is 6.81. The second-order valence-electron chi connectivity index (χ2n) is 5.23. The minimum absolute atomic E-state index is 0. The number of nitrogens with zero attached hydrogens (tertiary/aromatic N) is 3. The van der Waals surface area contributed by atoms with Crippen LogP contribution < -0.4 is 4.90 Å². The lowest BCUT2D eigenvalue weighted by atomic mass is 9.93. The molecule has 4 heteroatoms. The lowest BCUT2D eigenvalue weighted by Gasteiger charge is -2.37. The Balaban J connectivity index is 0.00000147. The van der Waals surface area contributed by atoms with E-state index in [4.69, 9.17) is 0 Å². The Morgan fingerprint density at radius 1 is 1.15 bits per heavy atom. The topological polar surface area (TPSA) is 29.0 Å². The maximum atomic E-state index is 4.50. The summed E-state index contributed by atoms with van der Waals surface area (Å²) in [7, 11) is 0. The lowest BCUT2D eigenvalue weighted by molar-refractivity contribution is 0.614. The van der Waals surface area contributed by atoms with Crippen LogP contribution in [0.15, 0.2) is 30.6 Å². The van der Waals surface area contributed by atoms with Crippen molar-refractivity contribution in [1.82, 2.24) is 9.97 Å². The maximum Gasteiger partial charge on any atom is 0.135 e. The van der Waals surface area contributed by atoms with Gasteiger partial charge >= 0.3 is 0 Å². The number of halogens is 1. The minimum atomic E-state index is 0. The van der Waals surface area contributed by atoms with E-state index in [9.17, 15) is 0 Å². The van der Waals surface area contributed by atoms with Crippen molar-refractivity contribution in [3.05, 3.63) is 53.0 Å². The number of aryl methyl sites for hydroxylation is 1. The lowest BCUT2D eigenvalue weighted by Crippen LogP contribution is -2.35. The molecule has 106 valence electrons. The zero-order valence-electron chi connectivity index (χ0n) is 12.1. The molecule has 0 saturated carbocycles. The van der Waals surface area contributed by atoms with Crippen molar-refractivity contribution in [1.29, 1.82) is 0 Å². The summed E-state index contributed by atoms with van der Waals surface area (Å²) in [5.41, 5.74) is 5.14. The molecule has 0 radical (unpaired) electrons. The number of aromatic nitrogens is 2. The number of benzene rings is 1. The third-order valence-electron chi connectivity index (χ3n) is 4.18. The average molecular weight is 290 g/mol. The molecule has 0 fully saturated rings. The highest BCUT2D eigenvalue weighted by molar-refractivity contribution is 5.85. The molecule has 1 aliphatic heterocycles. The van der Waals surface area contributed by atoms with E-state index in [1.807, 2.05) is 6.92 Å². The van der Waals surface area contributed by atoms with Gasteiger partial charge in [-0.1, -0.05) is 24.3 Å². The van der Waals surface area contributed by atoms with Crippen LogP contribution >= 0.6 is 12.4 Å². The van der Waals surface area contributed by atoms with Gasteiger partial charge in [0.1, 0.15) is 12.1 Å². The Hall–Kier alpha value is -1.61. The zero-order valence-corrected chi connectivity index (χ0v) is 12.9. The molecule has 0 aliphatic carbocycles. The number of fused-ring (bicyclic) bond motifs is 1. The van der Waals surface area contributed by atoms with E-state index >= 15 is 0 Å². The van der Waals surface area contributed by atoms with Gasteiger partial charge in [0.2, 0.25) is 0 Å². The highest BCUT2D eigenvalue weighted by Gasteiger charge is 2.25. The average Bonchev–Trinajstić information content (AvgIpc) is 2.43. The highest BCUT2D eigenvalue weighted by atomic mass is 35.5. The summed E-state index contributed by atoms with van der Waals surface area (Å²) >= 11 is 0. The quantitative estimate of drug-likeness (QED) is 0.802. The van der Waals surface area contributed by atoms with Gasteiger partial charge in [-0.05, 0) is 38.3 Å². The fraction of sp³-hybridized carbons (Fsp3) is 0.375. The van der Waals surface area contributed by atoms with E-state index in [-0.39, 0.29) is 12.4 Å². The van der Waals surface area contributed by atoms with Crippen LogP contribution in [0.5, 0.6) is 0 Å². The third kappa shape index (κ3) is 2.38. The van der Waals surface area contributed by atoms with Crippen molar-refractivity contribution in [2.75, 3.05) is 11.4 Å². The molecule has 2 aromatic rings. The first kappa shape index (κ1) is 14.8. The van der Waals surface area contributed by atoms with Crippen LogP contribution in [0.25, 0.3) is 0 Å². The Morgan fingerprint density at radius 2 is 1.90 bits per heavy atom. The van der Waals surface area contributed by atoms with Crippen LogP contribution in [0.2, 0.25) is 0 Å². The zero-order chi connectivity index (χ0) is 13.4. The van der Waals surface area contributed by atoms with Gasteiger partial charge in [-0.2, -0.15) is 0 Å². The van der Waals surface area contributed by atoms with Crippen molar-refractivity contribution in [2.45, 2.75) is 33.2 Å². The molecule has 1 atom stereocenters. The molecule has 3 rings (SSSR count). The molecule has 1 aliphatic rings. The molecule has 2 heterocycles. The van der Waals surface area contributed by atoms with E-state index in [2.05, 4.69) is 53.0 Å². The molecule has 0 spiro atoms. The molecular formula is C16H20ClN3. The summed E-state index contributed by atoms with van der Waals surface area (Å²) in [5.74, 6) is 1.08. The summed E-state index contributed by atoms with van der Waals surface area (Å²) in [6.07, 6.45) is 2.76. The van der Waals surface area contributed by atoms with Crippen molar-refractivity contribution in [2.24, 2.45) is 0 Å². The third-order valence-corrected chi connectivity index (χ3v) is 4.18. The first-order chi connectivity index (χ1) is 9.18. The van der Waals surface area contributed by atoms with Crippen LogP contribution in [-0.2, 0) is 6.42 Å². The van der Waals surface area contributed by atoms with Gasteiger partial charge in [-0.3, -0.25) is 0 Å². The number of hydrogen-bond donors (Lipinski definition) is 0. The van der Waals surface area contributed by atoms with Crippen molar-refractivity contribution < 1.29 is 0 Å². The van der Waals surface area contributed by atoms with Crippen LogP contribution in [0.3, 0.4) is 0 Å². The normalized spacial score (nSPS) is 17.4. The fourth-order valence-corrected chi connectivity index (χ4v) is 2.88. The SMILES string of the molecule is Cc1ncnc(N2CCc3ccccc3C2C)c1C.Cl. The largest absolute Gasteiger partial charge is 0.349 e. The Kier molecular flexibility index (Phi) is 4.29. The van der Waals surface area contributed by atoms with E-state index in [1.54, 1.807) is 6.33 Å². The summed E-state index contributed by atoms with van der Waals surface area (Å²) < 4.78 is 0. The van der Waals surface area contributed by atoms with E-state index in [1.165, 1.54) is 16.7 Å². The van der Waals surface area contributed by atoms with Crippen LogP contribution in [0.1, 0.15) is 35.3 Å². The van der Waals surface area contributed by atoms with Gasteiger partial charge in [-0.25, -0.2) is 9.97 Å². The van der Waals surface area contributed by atoms with Crippen LogP contribution in [0.4, 0.5) is 5.82 Å². The first-order valence-corrected chi connectivity index (χ1v) is 6.81. The summed E-state index contributed by atoms with van der Waals surface area (Å²) in [6, 6.07) is 9.09. The second-order valence-corrected chi connectivity index (χ2v) is 5.23. The van der Waals surface area contributed by atoms with Gasteiger partial charge in [0.15, 0.2) is 0 Å². The maximum absolute atomic E-state index is 4.50. The van der Waals surface area contributed by atoms with Gasteiger partial charge in [0, 0.05) is 17.8 Å². The second kappa shape index (κ2) is 5.80. The Bertz CT molecular complexity index is 612. The van der Waals surface area contributed by atoms with Gasteiger partial charge < -0.3 is 4.90 Å². The van der Waals surface area contributed by atoms with E-state index in [0.29, 0.717) is 6.04 Å². The van der Waals surface area contributed by atoms with Crippen LogP contribution in [0, 0.1) is 13.8 Å². The van der Waals surface area contributed by atoms with Crippen molar-refractivity contribution in [3.63, 3.8) is 0 Å². The number of rotatable bonds is 1. The van der Waals surface area contributed by atoms with Gasteiger partial charge in [-0.15, -0.1) is 12.4 Å². The van der Waals surface area contributed by atoms with Crippen molar-refractivity contribution >= 4 is 18.2 Å². The monoisotopic (exact) mass is 289 g/mol. The Morgan fingerprint density at radius 3 is 2.70 bits per heavy atom. The standard InChI is InChI=1S/C16H19N3.ClH/c1-11-12(2)17-10-18-16(11)19-9-8-14-6-4-5-7-15(14)13(19)3;/h4-7,10,13H,8-9H2,1-3H3;1H. The van der Waals surface area contributed by atoms with E-state index < -0.39 is 0 Å². The van der Waals surface area contributed by atoms with Gasteiger partial charge in [0.05, 0.1) is 6.04 Å². The molecule has 1 aromatic heterocycles. The molecule has 1 unspecified atom stereocenters. The molecule has 1 aromatic carbocycles. The molecule has 0 N–H and O–H groups in total. The smallest absolute Gasteiger partial charge is 0.135 e. The highest BCUT2D eigenvalue weighted by Crippen LogP contribution is 2.33. The molecule has 0 saturated heterocycles.